The van der Waals surface area contributed by atoms with Crippen LogP contribution in [0.4, 0.5) is 0 Å². The van der Waals surface area contributed by atoms with E-state index in [-0.39, 0.29) is 12.0 Å². The third-order valence-electron chi connectivity index (χ3n) is 4.20. The smallest absolute Gasteiger partial charge is 0.339 e. The first kappa shape index (κ1) is 17.8. The molecule has 138 valence electrons. The molecule has 0 N–H and O–H groups in total. The Bertz CT molecular complexity index is 837. The summed E-state index contributed by atoms with van der Waals surface area (Å²) in [6.07, 6.45) is 0.513. The fourth-order valence-corrected chi connectivity index (χ4v) is 2.96. The summed E-state index contributed by atoms with van der Waals surface area (Å²) in [5.41, 5.74) is 0.0486. The van der Waals surface area contributed by atoms with E-state index in [1.54, 1.807) is 50.3 Å². The molecule has 0 radical (unpaired) electrons. The Kier molecular flexibility index (Phi) is 5.16. The first-order valence-corrected chi connectivity index (χ1v) is 8.29. The van der Waals surface area contributed by atoms with Crippen molar-refractivity contribution in [3.63, 3.8) is 0 Å². The van der Waals surface area contributed by atoms with Crippen molar-refractivity contribution in [3.05, 3.63) is 52.1 Å². The molecule has 1 aromatic heterocycles. The fraction of sp³-hybridized carbons (Fsp3) is 0.368. The largest absolute Gasteiger partial charge is 0.497 e. The summed E-state index contributed by atoms with van der Waals surface area (Å²) in [7, 11) is 3.09. The summed E-state index contributed by atoms with van der Waals surface area (Å²) >= 11 is 0. The van der Waals surface area contributed by atoms with Crippen LogP contribution in [0, 0.1) is 6.92 Å². The Morgan fingerprint density at radius 2 is 1.77 bits per heavy atom. The molecule has 2 aromatic rings. The van der Waals surface area contributed by atoms with Gasteiger partial charge in [-0.25, -0.2) is 4.79 Å². The quantitative estimate of drug-likeness (QED) is 0.815. The van der Waals surface area contributed by atoms with Crippen LogP contribution in [-0.4, -0.2) is 44.2 Å². The lowest BCUT2D eigenvalue weighted by atomic mass is 10.1. The Hall–Kier alpha value is -2.96. The van der Waals surface area contributed by atoms with Crippen molar-refractivity contribution in [1.82, 2.24) is 4.90 Å². The number of ether oxygens (including phenoxy) is 3. The molecule has 0 bridgehead atoms. The Balaban J connectivity index is 1.70. The van der Waals surface area contributed by atoms with Crippen LogP contribution in [0.1, 0.15) is 22.5 Å². The molecule has 1 aromatic carbocycles. The van der Waals surface area contributed by atoms with Crippen molar-refractivity contribution in [2.45, 2.75) is 19.4 Å². The Morgan fingerprint density at radius 1 is 1.08 bits per heavy atom. The van der Waals surface area contributed by atoms with Gasteiger partial charge in [-0.2, -0.15) is 0 Å². The highest BCUT2D eigenvalue weighted by Crippen LogP contribution is 2.25. The molecule has 2 heterocycles. The van der Waals surface area contributed by atoms with Crippen LogP contribution in [-0.2, 0) is 0 Å². The molecule has 0 saturated carbocycles. The van der Waals surface area contributed by atoms with Gasteiger partial charge in [0.05, 0.1) is 26.8 Å². The zero-order chi connectivity index (χ0) is 18.7. The van der Waals surface area contributed by atoms with E-state index in [2.05, 4.69) is 0 Å². The number of carbonyl (C=O) groups excluding carboxylic acids is 1. The average Bonchev–Trinajstić information content (AvgIpc) is 3.08. The molecule has 1 aliphatic heterocycles. The fourth-order valence-electron chi connectivity index (χ4n) is 2.96. The molecule has 7 heteroatoms. The number of amides is 1. The first-order chi connectivity index (χ1) is 12.5. The minimum absolute atomic E-state index is 0.114. The summed E-state index contributed by atoms with van der Waals surface area (Å²) in [6, 6.07) is 8.06. The van der Waals surface area contributed by atoms with Gasteiger partial charge < -0.3 is 23.5 Å². The summed E-state index contributed by atoms with van der Waals surface area (Å²) in [5.74, 6) is 1.96. The average molecular weight is 359 g/mol. The second-order valence-corrected chi connectivity index (χ2v) is 6.10. The van der Waals surface area contributed by atoms with Crippen LogP contribution in [0.25, 0.3) is 0 Å². The number of nitrogens with zero attached hydrogens (tertiary/aromatic N) is 1. The minimum atomic E-state index is -0.450. The molecule has 0 spiro atoms. The lowest BCUT2D eigenvalue weighted by molar-refractivity contribution is 0.0771. The second-order valence-electron chi connectivity index (χ2n) is 6.10. The number of aryl methyl sites for hydroxylation is 1. The number of rotatable bonds is 5. The zero-order valence-corrected chi connectivity index (χ0v) is 15.0. The summed E-state index contributed by atoms with van der Waals surface area (Å²) < 4.78 is 21.2. The Labute approximate surface area is 151 Å². The van der Waals surface area contributed by atoms with Crippen molar-refractivity contribution in [2.24, 2.45) is 0 Å². The molecule has 1 fully saturated rings. The molecule has 1 aliphatic rings. The molecular formula is C19H21NO6. The molecular weight excluding hydrogens is 338 g/mol. The van der Waals surface area contributed by atoms with Gasteiger partial charge in [0, 0.05) is 30.7 Å². The van der Waals surface area contributed by atoms with Crippen LogP contribution in [0.2, 0.25) is 0 Å². The van der Waals surface area contributed by atoms with E-state index < -0.39 is 5.63 Å². The highest BCUT2D eigenvalue weighted by molar-refractivity contribution is 5.95. The van der Waals surface area contributed by atoms with Crippen molar-refractivity contribution >= 4 is 5.91 Å². The van der Waals surface area contributed by atoms with E-state index in [0.29, 0.717) is 48.1 Å². The lowest BCUT2D eigenvalue weighted by Gasteiger charge is -2.18. The van der Waals surface area contributed by atoms with Crippen molar-refractivity contribution in [3.8, 4) is 17.2 Å². The predicted octanol–water partition coefficient (Wildman–Crippen LogP) is 2.26. The van der Waals surface area contributed by atoms with Gasteiger partial charge in [-0.1, -0.05) is 0 Å². The molecule has 1 unspecified atom stereocenters. The lowest BCUT2D eigenvalue weighted by Crippen LogP contribution is -2.31. The third kappa shape index (κ3) is 3.99. The monoisotopic (exact) mass is 359 g/mol. The first-order valence-electron chi connectivity index (χ1n) is 8.29. The van der Waals surface area contributed by atoms with E-state index in [4.69, 9.17) is 18.6 Å². The molecule has 1 amide bonds. The predicted molar refractivity (Wildman–Crippen MR) is 94.2 cm³/mol. The summed E-state index contributed by atoms with van der Waals surface area (Å²) in [4.78, 5) is 25.9. The normalized spacial score (nSPS) is 16.4. The topological polar surface area (TPSA) is 78.2 Å². The maximum Gasteiger partial charge on any atom is 0.339 e. The van der Waals surface area contributed by atoms with Crippen LogP contribution in [0.3, 0.4) is 0 Å². The molecule has 0 aliphatic carbocycles. The van der Waals surface area contributed by atoms with Crippen molar-refractivity contribution < 1.29 is 23.4 Å². The van der Waals surface area contributed by atoms with E-state index >= 15 is 0 Å². The molecule has 1 atom stereocenters. The van der Waals surface area contributed by atoms with Gasteiger partial charge in [-0.3, -0.25) is 4.79 Å². The van der Waals surface area contributed by atoms with Gasteiger partial charge in [-0.05, 0) is 19.1 Å². The SMILES string of the molecule is COc1cc(OC)cc(C(=O)N2CCC(Oc3cc(C)oc(=O)c3)C2)c1. The highest BCUT2D eigenvalue weighted by atomic mass is 16.5. The summed E-state index contributed by atoms with van der Waals surface area (Å²) in [6.45, 7) is 2.70. The molecule has 1 saturated heterocycles. The standard InChI is InChI=1S/C19H21NO6/c1-12-6-17(10-18(21)25-12)26-14-4-5-20(11-14)19(22)13-7-15(23-2)9-16(8-13)24-3/h6-10,14H,4-5,11H2,1-3H3. The van der Waals surface area contributed by atoms with Gasteiger partial charge in [0.25, 0.3) is 5.91 Å². The van der Waals surface area contributed by atoms with Crippen LogP contribution >= 0.6 is 0 Å². The van der Waals surface area contributed by atoms with E-state index in [0.717, 1.165) is 0 Å². The maximum absolute atomic E-state index is 12.8. The van der Waals surface area contributed by atoms with Crippen LogP contribution in [0.15, 0.2) is 39.5 Å². The van der Waals surface area contributed by atoms with Crippen molar-refractivity contribution in [2.75, 3.05) is 27.3 Å². The number of methoxy groups -OCH3 is 2. The molecule has 26 heavy (non-hydrogen) atoms. The second kappa shape index (κ2) is 7.51. The Morgan fingerprint density at radius 3 is 2.38 bits per heavy atom. The van der Waals surface area contributed by atoms with E-state index in [1.165, 1.54) is 6.07 Å². The minimum Gasteiger partial charge on any atom is -0.497 e. The number of hydrogen-bond donors (Lipinski definition) is 0. The number of hydrogen-bond acceptors (Lipinski definition) is 6. The number of likely N-dealkylation sites (tertiary alicyclic amines) is 1. The van der Waals surface area contributed by atoms with Gasteiger partial charge in [-0.15, -0.1) is 0 Å². The van der Waals surface area contributed by atoms with Crippen LogP contribution in [0.5, 0.6) is 17.2 Å². The van der Waals surface area contributed by atoms with Gasteiger partial charge in [0.2, 0.25) is 0 Å². The number of benzene rings is 1. The van der Waals surface area contributed by atoms with Crippen molar-refractivity contribution in [1.29, 1.82) is 0 Å². The summed E-state index contributed by atoms with van der Waals surface area (Å²) in [5, 5.41) is 0. The van der Waals surface area contributed by atoms with Crippen LogP contribution < -0.4 is 19.8 Å². The highest BCUT2D eigenvalue weighted by Gasteiger charge is 2.29. The molecule has 7 nitrogen and oxygen atoms in total. The van der Waals surface area contributed by atoms with E-state index in [1.807, 2.05) is 0 Å². The van der Waals surface area contributed by atoms with E-state index in [9.17, 15) is 9.59 Å². The van der Waals surface area contributed by atoms with Gasteiger partial charge >= 0.3 is 5.63 Å². The third-order valence-corrected chi connectivity index (χ3v) is 4.20. The zero-order valence-electron chi connectivity index (χ0n) is 15.0. The maximum atomic E-state index is 12.8. The molecule has 3 rings (SSSR count). The van der Waals surface area contributed by atoms with Gasteiger partial charge in [0.15, 0.2) is 0 Å². The van der Waals surface area contributed by atoms with Gasteiger partial charge in [0.1, 0.15) is 29.1 Å². The number of carbonyl (C=O) groups is 1.